The van der Waals surface area contributed by atoms with E-state index in [0.717, 1.165) is 49.9 Å². The number of aryl methyl sites for hydroxylation is 2. The first-order valence-corrected chi connectivity index (χ1v) is 7.52. The smallest absolute Gasteiger partial charge is 0.225 e. The molecule has 0 atom stereocenters. The Hall–Kier alpha value is -1.16. The third-order valence-electron chi connectivity index (χ3n) is 3.85. The first kappa shape index (κ1) is 14.3. The summed E-state index contributed by atoms with van der Waals surface area (Å²) < 4.78 is 0. The Morgan fingerprint density at radius 3 is 2.26 bits per heavy atom. The van der Waals surface area contributed by atoms with Crippen LogP contribution in [0.4, 0.5) is 5.95 Å². The topological polar surface area (TPSA) is 41.1 Å². The van der Waals surface area contributed by atoms with Gasteiger partial charge in [0.2, 0.25) is 5.95 Å². The largest absolute Gasteiger partial charge is 0.341 e. The van der Waals surface area contributed by atoms with Crippen molar-refractivity contribution in [2.75, 3.05) is 31.1 Å². The van der Waals surface area contributed by atoms with Gasteiger partial charge in [-0.1, -0.05) is 6.92 Å². The number of anilines is 1. The molecule has 1 saturated heterocycles. The third kappa shape index (κ3) is 3.66. The van der Waals surface area contributed by atoms with E-state index in [0.29, 0.717) is 0 Å². The highest BCUT2D eigenvalue weighted by atomic mass is 15.3. The van der Waals surface area contributed by atoms with Gasteiger partial charge >= 0.3 is 0 Å². The Balaban J connectivity index is 2.11. The lowest BCUT2D eigenvalue weighted by molar-refractivity contribution is 0.566. The second kappa shape index (κ2) is 6.85. The minimum Gasteiger partial charge on any atom is -0.341 e. The lowest BCUT2D eigenvalue weighted by Gasteiger charge is -2.27. The average Bonchev–Trinajstić information content (AvgIpc) is 2.43. The van der Waals surface area contributed by atoms with Crippen LogP contribution in [0.25, 0.3) is 0 Å². The molecule has 19 heavy (non-hydrogen) atoms. The number of rotatable bonds is 5. The van der Waals surface area contributed by atoms with E-state index in [-0.39, 0.29) is 0 Å². The van der Waals surface area contributed by atoms with Crippen LogP contribution in [0, 0.1) is 13.8 Å². The number of hydrogen-bond donors (Lipinski definition) is 1. The molecule has 0 radical (unpaired) electrons. The zero-order valence-electron chi connectivity index (χ0n) is 12.5. The van der Waals surface area contributed by atoms with E-state index in [1.165, 1.54) is 24.8 Å². The number of piperidine rings is 1. The maximum absolute atomic E-state index is 4.72. The number of nitrogens with one attached hydrogen (secondary N) is 1. The second-order valence-corrected chi connectivity index (χ2v) is 5.32. The molecule has 0 aromatic carbocycles. The lowest BCUT2D eigenvalue weighted by atomic mass is 10.1. The van der Waals surface area contributed by atoms with Gasteiger partial charge in [0.05, 0.1) is 0 Å². The van der Waals surface area contributed by atoms with Gasteiger partial charge in [0, 0.05) is 24.5 Å². The van der Waals surface area contributed by atoms with Gasteiger partial charge in [0.25, 0.3) is 0 Å². The fourth-order valence-corrected chi connectivity index (χ4v) is 2.71. The predicted octanol–water partition coefficient (Wildman–Crippen LogP) is 2.24. The van der Waals surface area contributed by atoms with Crippen molar-refractivity contribution in [1.82, 2.24) is 15.3 Å². The molecule has 2 rings (SSSR count). The second-order valence-electron chi connectivity index (χ2n) is 5.32. The minimum atomic E-state index is 0.932. The van der Waals surface area contributed by atoms with Crippen molar-refractivity contribution in [3.8, 4) is 0 Å². The number of likely N-dealkylation sites (N-methyl/N-ethyl adjacent to an activating group) is 1. The monoisotopic (exact) mass is 262 g/mol. The summed E-state index contributed by atoms with van der Waals surface area (Å²) in [5.41, 5.74) is 3.60. The summed E-state index contributed by atoms with van der Waals surface area (Å²) in [4.78, 5) is 11.8. The molecule has 0 saturated carbocycles. The fraction of sp³-hybridized carbons (Fsp3) is 0.733. The summed E-state index contributed by atoms with van der Waals surface area (Å²) in [6, 6.07) is 0. The number of nitrogens with zero attached hydrogens (tertiary/aromatic N) is 3. The van der Waals surface area contributed by atoms with Gasteiger partial charge in [-0.25, -0.2) is 9.97 Å². The molecule has 1 N–H and O–H groups in total. The van der Waals surface area contributed by atoms with E-state index < -0.39 is 0 Å². The van der Waals surface area contributed by atoms with Gasteiger partial charge < -0.3 is 10.2 Å². The van der Waals surface area contributed by atoms with Crippen molar-refractivity contribution in [2.45, 2.75) is 46.5 Å². The molecule has 1 aliphatic heterocycles. The normalized spacial score (nSPS) is 15.8. The summed E-state index contributed by atoms with van der Waals surface area (Å²) >= 11 is 0. The van der Waals surface area contributed by atoms with Gasteiger partial charge in [0.1, 0.15) is 0 Å². The molecule has 4 heteroatoms. The zero-order valence-corrected chi connectivity index (χ0v) is 12.5. The third-order valence-corrected chi connectivity index (χ3v) is 3.85. The van der Waals surface area contributed by atoms with Crippen LogP contribution in [0.1, 0.15) is 43.1 Å². The van der Waals surface area contributed by atoms with E-state index in [4.69, 9.17) is 9.97 Å². The molecule has 2 heterocycles. The summed E-state index contributed by atoms with van der Waals surface area (Å²) in [7, 11) is 0. The molecule has 0 amide bonds. The zero-order chi connectivity index (χ0) is 13.7. The number of aromatic nitrogens is 2. The SMILES string of the molecule is CCNCCc1c(C)nc(N2CCCCC2)nc1C. The maximum Gasteiger partial charge on any atom is 0.225 e. The highest BCUT2D eigenvalue weighted by Gasteiger charge is 2.16. The number of hydrogen-bond acceptors (Lipinski definition) is 4. The van der Waals surface area contributed by atoms with Crippen LogP contribution in [0.3, 0.4) is 0 Å². The van der Waals surface area contributed by atoms with Crippen LogP contribution in [0.5, 0.6) is 0 Å². The Morgan fingerprint density at radius 2 is 1.68 bits per heavy atom. The van der Waals surface area contributed by atoms with Crippen LogP contribution in [0.15, 0.2) is 0 Å². The molecular formula is C15H26N4. The van der Waals surface area contributed by atoms with Crippen LogP contribution in [-0.4, -0.2) is 36.1 Å². The van der Waals surface area contributed by atoms with E-state index >= 15 is 0 Å². The van der Waals surface area contributed by atoms with Crippen LogP contribution in [0.2, 0.25) is 0 Å². The van der Waals surface area contributed by atoms with Crippen molar-refractivity contribution in [3.05, 3.63) is 17.0 Å². The van der Waals surface area contributed by atoms with E-state index in [1.807, 2.05) is 0 Å². The summed E-state index contributed by atoms with van der Waals surface area (Å²) in [6.45, 7) is 10.6. The molecule has 1 fully saturated rings. The Labute approximate surface area is 116 Å². The lowest BCUT2D eigenvalue weighted by Crippen LogP contribution is -2.31. The van der Waals surface area contributed by atoms with E-state index in [9.17, 15) is 0 Å². The van der Waals surface area contributed by atoms with Crippen LogP contribution in [-0.2, 0) is 6.42 Å². The van der Waals surface area contributed by atoms with Crippen molar-refractivity contribution in [1.29, 1.82) is 0 Å². The maximum atomic E-state index is 4.72. The van der Waals surface area contributed by atoms with Crippen molar-refractivity contribution in [2.24, 2.45) is 0 Å². The molecule has 0 aliphatic carbocycles. The Morgan fingerprint density at radius 1 is 1.05 bits per heavy atom. The first-order chi connectivity index (χ1) is 9.22. The molecule has 0 bridgehead atoms. The Kier molecular flexibility index (Phi) is 5.14. The van der Waals surface area contributed by atoms with Gasteiger partial charge in [0.15, 0.2) is 0 Å². The molecule has 1 aliphatic rings. The van der Waals surface area contributed by atoms with Gasteiger partial charge in [-0.15, -0.1) is 0 Å². The molecular weight excluding hydrogens is 236 g/mol. The highest BCUT2D eigenvalue weighted by molar-refractivity contribution is 5.37. The molecule has 1 aromatic rings. The molecule has 0 spiro atoms. The molecule has 106 valence electrons. The first-order valence-electron chi connectivity index (χ1n) is 7.52. The fourth-order valence-electron chi connectivity index (χ4n) is 2.71. The van der Waals surface area contributed by atoms with Crippen LogP contribution < -0.4 is 10.2 Å². The van der Waals surface area contributed by atoms with E-state index in [2.05, 4.69) is 31.0 Å². The van der Waals surface area contributed by atoms with Gasteiger partial charge in [-0.2, -0.15) is 0 Å². The Bertz CT molecular complexity index is 388. The van der Waals surface area contributed by atoms with Gasteiger partial charge in [-0.3, -0.25) is 0 Å². The van der Waals surface area contributed by atoms with Gasteiger partial charge in [-0.05, 0) is 58.2 Å². The van der Waals surface area contributed by atoms with Crippen molar-refractivity contribution < 1.29 is 0 Å². The molecule has 4 nitrogen and oxygen atoms in total. The summed E-state index contributed by atoms with van der Waals surface area (Å²) in [5, 5.41) is 3.36. The van der Waals surface area contributed by atoms with Crippen molar-refractivity contribution >= 4 is 5.95 Å². The molecule has 0 unspecified atom stereocenters. The average molecular weight is 262 g/mol. The summed E-state index contributed by atoms with van der Waals surface area (Å²) in [5.74, 6) is 0.932. The minimum absolute atomic E-state index is 0.932. The predicted molar refractivity (Wildman–Crippen MR) is 79.8 cm³/mol. The van der Waals surface area contributed by atoms with E-state index in [1.54, 1.807) is 0 Å². The van der Waals surface area contributed by atoms with Crippen molar-refractivity contribution in [3.63, 3.8) is 0 Å². The molecule has 1 aromatic heterocycles. The van der Waals surface area contributed by atoms with Crippen LogP contribution >= 0.6 is 0 Å². The highest BCUT2D eigenvalue weighted by Crippen LogP contribution is 2.19. The quantitative estimate of drug-likeness (QED) is 0.826. The standard InChI is InChI=1S/C15H26N4/c1-4-16-9-8-14-12(2)17-15(18-13(14)3)19-10-6-5-7-11-19/h16H,4-11H2,1-3H3. The summed E-state index contributed by atoms with van der Waals surface area (Å²) in [6.07, 6.45) is 4.90.